The van der Waals surface area contributed by atoms with Crippen molar-refractivity contribution in [2.75, 3.05) is 19.6 Å². The van der Waals surface area contributed by atoms with Crippen LogP contribution < -0.4 is 16.4 Å². The first-order chi connectivity index (χ1) is 9.15. The van der Waals surface area contributed by atoms with Gasteiger partial charge in [-0.15, -0.1) is 0 Å². The molecule has 1 rings (SSSR count). The molecule has 0 saturated heterocycles. The number of amides is 2. The van der Waals surface area contributed by atoms with Gasteiger partial charge in [-0.05, 0) is 32.4 Å². The maximum absolute atomic E-state index is 11.7. The van der Waals surface area contributed by atoms with Crippen LogP contribution >= 0.6 is 0 Å². The van der Waals surface area contributed by atoms with Gasteiger partial charge < -0.3 is 20.8 Å². The Bertz CT molecular complexity index is 415. The minimum Gasteiger partial charge on any atom is -0.459 e. The van der Waals surface area contributed by atoms with Crippen LogP contribution in [0.25, 0.3) is 0 Å². The number of aryl methyl sites for hydroxylation is 1. The van der Waals surface area contributed by atoms with Gasteiger partial charge in [0, 0.05) is 25.1 Å². The van der Waals surface area contributed by atoms with E-state index in [1.54, 1.807) is 6.07 Å². The van der Waals surface area contributed by atoms with E-state index in [0.29, 0.717) is 44.7 Å². The lowest BCUT2D eigenvalue weighted by Gasteiger charge is -2.06. The van der Waals surface area contributed by atoms with Crippen LogP contribution in [0.1, 0.15) is 35.4 Å². The molecule has 1 aromatic heterocycles. The topological polar surface area (TPSA) is 97.4 Å². The molecule has 0 aliphatic heterocycles. The van der Waals surface area contributed by atoms with Gasteiger partial charge in [0.1, 0.15) is 0 Å². The zero-order valence-corrected chi connectivity index (χ0v) is 11.2. The Morgan fingerprint density at radius 1 is 1.26 bits per heavy atom. The maximum atomic E-state index is 11.7. The van der Waals surface area contributed by atoms with E-state index in [1.165, 1.54) is 6.26 Å². The predicted octanol–water partition coefficient (Wildman–Crippen LogP) is 0.563. The van der Waals surface area contributed by atoms with Crippen LogP contribution in [0.15, 0.2) is 16.7 Å². The van der Waals surface area contributed by atoms with E-state index < -0.39 is 0 Å². The van der Waals surface area contributed by atoms with Crippen molar-refractivity contribution in [3.05, 3.63) is 23.7 Å². The molecule has 0 fully saturated rings. The van der Waals surface area contributed by atoms with E-state index in [4.69, 9.17) is 10.2 Å². The number of hydrogen-bond acceptors (Lipinski definition) is 4. The number of rotatable bonds is 8. The van der Waals surface area contributed by atoms with Crippen molar-refractivity contribution in [1.29, 1.82) is 0 Å². The van der Waals surface area contributed by atoms with Gasteiger partial charge in [-0.3, -0.25) is 9.59 Å². The Kier molecular flexibility index (Phi) is 6.67. The van der Waals surface area contributed by atoms with Crippen LogP contribution in [0.3, 0.4) is 0 Å². The number of furan rings is 1. The fourth-order valence-corrected chi connectivity index (χ4v) is 1.55. The van der Waals surface area contributed by atoms with Crippen molar-refractivity contribution in [2.45, 2.75) is 26.2 Å². The fourth-order valence-electron chi connectivity index (χ4n) is 1.55. The molecule has 6 heteroatoms. The summed E-state index contributed by atoms with van der Waals surface area (Å²) in [7, 11) is 0. The maximum Gasteiger partial charge on any atom is 0.287 e. The molecule has 0 bridgehead atoms. The second-order valence-corrected chi connectivity index (χ2v) is 4.28. The highest BCUT2D eigenvalue weighted by molar-refractivity contribution is 5.92. The Morgan fingerprint density at radius 2 is 2.00 bits per heavy atom. The van der Waals surface area contributed by atoms with E-state index in [0.717, 1.165) is 5.56 Å². The molecule has 0 aromatic carbocycles. The highest BCUT2D eigenvalue weighted by Gasteiger charge is 2.11. The van der Waals surface area contributed by atoms with Gasteiger partial charge in [-0.1, -0.05) is 0 Å². The van der Waals surface area contributed by atoms with Crippen LogP contribution in [-0.2, 0) is 4.79 Å². The largest absolute Gasteiger partial charge is 0.459 e. The highest BCUT2D eigenvalue weighted by atomic mass is 16.3. The molecule has 0 atom stereocenters. The molecule has 0 spiro atoms. The van der Waals surface area contributed by atoms with E-state index >= 15 is 0 Å². The van der Waals surface area contributed by atoms with Crippen molar-refractivity contribution in [3.63, 3.8) is 0 Å². The van der Waals surface area contributed by atoms with Gasteiger partial charge in [0.25, 0.3) is 5.91 Å². The zero-order chi connectivity index (χ0) is 14.1. The molecule has 2 amide bonds. The molecular formula is C13H21N3O3. The third-order valence-electron chi connectivity index (χ3n) is 2.64. The van der Waals surface area contributed by atoms with Crippen LogP contribution in [0.5, 0.6) is 0 Å². The van der Waals surface area contributed by atoms with Crippen molar-refractivity contribution in [1.82, 2.24) is 10.6 Å². The molecule has 0 aliphatic carbocycles. The quantitative estimate of drug-likeness (QED) is 0.600. The van der Waals surface area contributed by atoms with E-state index in [1.807, 2.05) is 6.92 Å². The lowest BCUT2D eigenvalue weighted by atomic mass is 10.2. The van der Waals surface area contributed by atoms with Gasteiger partial charge in [-0.2, -0.15) is 0 Å². The highest BCUT2D eigenvalue weighted by Crippen LogP contribution is 2.07. The lowest BCUT2D eigenvalue weighted by molar-refractivity contribution is -0.121. The van der Waals surface area contributed by atoms with Crippen LogP contribution in [0.4, 0.5) is 0 Å². The molecular weight excluding hydrogens is 246 g/mol. The standard InChI is InChI=1S/C13H21N3O3/c1-10-5-9-19-12(10)13(18)16-8-3-7-15-11(17)4-2-6-14/h5,9H,2-4,6-8,14H2,1H3,(H,15,17)(H,16,18). The summed E-state index contributed by atoms with van der Waals surface area (Å²) >= 11 is 0. The van der Waals surface area contributed by atoms with Crippen molar-refractivity contribution < 1.29 is 14.0 Å². The van der Waals surface area contributed by atoms with Gasteiger partial charge in [-0.25, -0.2) is 0 Å². The van der Waals surface area contributed by atoms with Gasteiger partial charge >= 0.3 is 0 Å². The molecule has 19 heavy (non-hydrogen) atoms. The van der Waals surface area contributed by atoms with E-state index in [2.05, 4.69) is 10.6 Å². The zero-order valence-electron chi connectivity index (χ0n) is 11.2. The smallest absolute Gasteiger partial charge is 0.287 e. The molecule has 1 aromatic rings. The molecule has 1 heterocycles. The van der Waals surface area contributed by atoms with Crippen LogP contribution in [0.2, 0.25) is 0 Å². The third kappa shape index (κ3) is 5.56. The summed E-state index contributed by atoms with van der Waals surface area (Å²) in [5.41, 5.74) is 6.12. The molecule has 0 saturated carbocycles. The number of nitrogens with one attached hydrogen (secondary N) is 2. The Balaban J connectivity index is 2.10. The molecule has 106 valence electrons. The molecule has 0 unspecified atom stereocenters. The molecule has 6 nitrogen and oxygen atoms in total. The minimum atomic E-state index is -0.225. The first-order valence-corrected chi connectivity index (χ1v) is 6.44. The fraction of sp³-hybridized carbons (Fsp3) is 0.538. The summed E-state index contributed by atoms with van der Waals surface area (Å²) in [6.45, 7) is 3.37. The summed E-state index contributed by atoms with van der Waals surface area (Å²) in [5.74, 6) is 0.114. The average molecular weight is 267 g/mol. The number of carbonyl (C=O) groups is 2. The number of hydrogen-bond donors (Lipinski definition) is 3. The van der Waals surface area contributed by atoms with Crippen LogP contribution in [0, 0.1) is 6.92 Å². The summed E-state index contributed by atoms with van der Waals surface area (Å²) in [4.78, 5) is 22.9. The third-order valence-corrected chi connectivity index (χ3v) is 2.64. The SMILES string of the molecule is Cc1ccoc1C(=O)NCCCNC(=O)CCCN. The summed E-state index contributed by atoms with van der Waals surface area (Å²) < 4.78 is 5.07. The summed E-state index contributed by atoms with van der Waals surface area (Å²) in [6.07, 6.45) is 3.32. The molecule has 0 aliphatic rings. The van der Waals surface area contributed by atoms with Crippen molar-refractivity contribution in [3.8, 4) is 0 Å². The first-order valence-electron chi connectivity index (χ1n) is 6.44. The number of nitrogens with two attached hydrogens (primary N) is 1. The Morgan fingerprint density at radius 3 is 2.63 bits per heavy atom. The van der Waals surface area contributed by atoms with Crippen molar-refractivity contribution in [2.24, 2.45) is 5.73 Å². The molecule has 0 radical (unpaired) electrons. The average Bonchev–Trinajstić information content (AvgIpc) is 2.82. The normalized spacial score (nSPS) is 10.2. The van der Waals surface area contributed by atoms with Gasteiger partial charge in [0.15, 0.2) is 5.76 Å². The minimum absolute atomic E-state index is 0.00124. The second kappa shape index (κ2) is 8.31. The first kappa shape index (κ1) is 15.2. The Hall–Kier alpha value is -1.82. The van der Waals surface area contributed by atoms with Gasteiger partial charge in [0.2, 0.25) is 5.91 Å². The van der Waals surface area contributed by atoms with Crippen molar-refractivity contribution >= 4 is 11.8 Å². The second-order valence-electron chi connectivity index (χ2n) is 4.28. The van der Waals surface area contributed by atoms with E-state index in [-0.39, 0.29) is 11.8 Å². The Labute approximate surface area is 112 Å². The van der Waals surface area contributed by atoms with Crippen LogP contribution in [-0.4, -0.2) is 31.4 Å². The summed E-state index contributed by atoms with van der Waals surface area (Å²) in [5, 5.41) is 5.51. The molecule has 4 N–H and O–H groups in total. The predicted molar refractivity (Wildman–Crippen MR) is 71.7 cm³/mol. The number of carbonyl (C=O) groups excluding carboxylic acids is 2. The lowest BCUT2D eigenvalue weighted by Crippen LogP contribution is -2.30. The van der Waals surface area contributed by atoms with E-state index in [9.17, 15) is 9.59 Å². The summed E-state index contributed by atoms with van der Waals surface area (Å²) in [6, 6.07) is 1.74. The monoisotopic (exact) mass is 267 g/mol. The van der Waals surface area contributed by atoms with Gasteiger partial charge in [0.05, 0.1) is 6.26 Å².